The fourth-order valence-electron chi connectivity index (χ4n) is 2.59. The molecule has 0 bridgehead atoms. The maximum atomic E-state index is 13.5. The molecule has 0 fully saturated rings. The molecule has 3 rings (SSSR count). The number of para-hydroxylation sites is 1. The molecule has 2 aromatic rings. The summed E-state index contributed by atoms with van der Waals surface area (Å²) in [7, 11) is 0. The molecular weight excluding hydrogens is 255 g/mol. The number of hydrogen-bond donors (Lipinski definition) is 2. The van der Waals surface area contributed by atoms with Crippen molar-refractivity contribution in [2.45, 2.75) is 18.9 Å². The standard InChI is InChI=1S/C16H15FN2O/c17-13-7-3-4-8-15(13)19-16(20)18-14-10-9-11-5-1-2-6-12(11)14/h1-8,14H,9-10H2,(H2,18,19,20)/t14-/m0/s1. The van der Waals surface area contributed by atoms with E-state index in [-0.39, 0.29) is 17.8 Å². The van der Waals surface area contributed by atoms with E-state index in [0.29, 0.717) is 0 Å². The smallest absolute Gasteiger partial charge is 0.319 e. The minimum Gasteiger partial charge on any atom is -0.331 e. The minimum atomic E-state index is -0.436. The second kappa shape index (κ2) is 5.33. The fourth-order valence-corrected chi connectivity index (χ4v) is 2.59. The second-order valence-electron chi connectivity index (χ2n) is 4.87. The maximum absolute atomic E-state index is 13.5. The highest BCUT2D eigenvalue weighted by molar-refractivity contribution is 5.89. The number of urea groups is 1. The molecule has 4 heteroatoms. The van der Waals surface area contributed by atoms with Gasteiger partial charge in [0, 0.05) is 0 Å². The van der Waals surface area contributed by atoms with Crippen molar-refractivity contribution in [3.8, 4) is 0 Å². The third-order valence-corrected chi connectivity index (χ3v) is 3.56. The Labute approximate surface area is 116 Å². The van der Waals surface area contributed by atoms with Gasteiger partial charge in [-0.3, -0.25) is 0 Å². The Morgan fingerprint density at radius 3 is 2.70 bits per heavy atom. The van der Waals surface area contributed by atoms with Crippen molar-refractivity contribution in [2.24, 2.45) is 0 Å². The zero-order chi connectivity index (χ0) is 13.9. The average molecular weight is 270 g/mol. The summed E-state index contributed by atoms with van der Waals surface area (Å²) >= 11 is 0. The molecule has 3 nitrogen and oxygen atoms in total. The van der Waals surface area contributed by atoms with Gasteiger partial charge in [-0.2, -0.15) is 0 Å². The molecule has 0 spiro atoms. The highest BCUT2D eigenvalue weighted by Gasteiger charge is 2.23. The minimum absolute atomic E-state index is 0.00188. The number of halogens is 1. The number of aryl methyl sites for hydroxylation is 1. The number of amides is 2. The molecule has 2 aromatic carbocycles. The molecule has 1 aliphatic carbocycles. The number of anilines is 1. The van der Waals surface area contributed by atoms with Crippen LogP contribution in [0, 0.1) is 5.82 Å². The summed E-state index contributed by atoms with van der Waals surface area (Å²) in [4.78, 5) is 11.9. The van der Waals surface area contributed by atoms with E-state index < -0.39 is 5.82 Å². The molecule has 0 heterocycles. The average Bonchev–Trinajstić information content (AvgIpc) is 2.85. The van der Waals surface area contributed by atoms with Gasteiger partial charge in [0.25, 0.3) is 0 Å². The summed E-state index contributed by atoms with van der Waals surface area (Å²) in [5.41, 5.74) is 2.61. The van der Waals surface area contributed by atoms with Crippen molar-refractivity contribution in [3.63, 3.8) is 0 Å². The van der Waals surface area contributed by atoms with E-state index in [4.69, 9.17) is 0 Å². The van der Waals surface area contributed by atoms with Gasteiger partial charge < -0.3 is 10.6 Å². The number of rotatable bonds is 2. The molecule has 2 amide bonds. The molecule has 0 aromatic heterocycles. The van der Waals surface area contributed by atoms with Gasteiger partial charge in [0.15, 0.2) is 0 Å². The Morgan fingerprint density at radius 2 is 1.85 bits per heavy atom. The summed E-state index contributed by atoms with van der Waals surface area (Å²) in [6, 6.07) is 13.8. The van der Waals surface area contributed by atoms with Gasteiger partial charge in [0.1, 0.15) is 5.82 Å². The molecule has 0 saturated heterocycles. The van der Waals surface area contributed by atoms with Gasteiger partial charge in [-0.25, -0.2) is 9.18 Å². The van der Waals surface area contributed by atoms with Crippen molar-refractivity contribution in [3.05, 3.63) is 65.5 Å². The van der Waals surface area contributed by atoms with Crippen LogP contribution in [-0.4, -0.2) is 6.03 Å². The van der Waals surface area contributed by atoms with Gasteiger partial charge in [0.05, 0.1) is 11.7 Å². The molecular formula is C16H15FN2O. The number of benzene rings is 2. The van der Waals surface area contributed by atoms with Crippen molar-refractivity contribution in [1.29, 1.82) is 0 Å². The van der Waals surface area contributed by atoms with Gasteiger partial charge in [0.2, 0.25) is 0 Å². The van der Waals surface area contributed by atoms with E-state index in [1.807, 2.05) is 18.2 Å². The predicted molar refractivity (Wildman–Crippen MR) is 76.1 cm³/mol. The van der Waals surface area contributed by atoms with Crippen LogP contribution in [0.2, 0.25) is 0 Å². The SMILES string of the molecule is O=C(Nc1ccccc1F)N[C@H]1CCc2ccccc21. The van der Waals surface area contributed by atoms with E-state index in [1.165, 1.54) is 17.7 Å². The maximum Gasteiger partial charge on any atom is 0.319 e. The van der Waals surface area contributed by atoms with Crippen LogP contribution in [0.3, 0.4) is 0 Å². The van der Waals surface area contributed by atoms with Crippen LogP contribution >= 0.6 is 0 Å². The number of hydrogen-bond acceptors (Lipinski definition) is 1. The van der Waals surface area contributed by atoms with Crippen LogP contribution in [0.25, 0.3) is 0 Å². The Balaban J connectivity index is 1.68. The summed E-state index contributed by atoms with van der Waals surface area (Å²) in [5.74, 6) is -0.436. The quantitative estimate of drug-likeness (QED) is 0.859. The topological polar surface area (TPSA) is 41.1 Å². The predicted octanol–water partition coefficient (Wildman–Crippen LogP) is 3.63. The molecule has 102 valence electrons. The summed E-state index contributed by atoms with van der Waals surface area (Å²) in [5, 5.41) is 5.44. The van der Waals surface area contributed by atoms with E-state index in [0.717, 1.165) is 18.4 Å². The zero-order valence-corrected chi connectivity index (χ0v) is 10.9. The first kappa shape index (κ1) is 12.7. The van der Waals surface area contributed by atoms with Crippen molar-refractivity contribution in [1.82, 2.24) is 5.32 Å². The second-order valence-corrected chi connectivity index (χ2v) is 4.87. The summed E-state index contributed by atoms with van der Waals surface area (Å²) < 4.78 is 13.5. The van der Waals surface area contributed by atoms with Crippen LogP contribution < -0.4 is 10.6 Å². The van der Waals surface area contributed by atoms with E-state index in [1.54, 1.807) is 12.1 Å². The van der Waals surface area contributed by atoms with Gasteiger partial charge in [-0.05, 0) is 36.1 Å². The van der Waals surface area contributed by atoms with E-state index in [9.17, 15) is 9.18 Å². The lowest BCUT2D eigenvalue weighted by Crippen LogP contribution is -2.31. The van der Waals surface area contributed by atoms with Crippen LogP contribution in [-0.2, 0) is 6.42 Å². The van der Waals surface area contributed by atoms with Gasteiger partial charge in [-0.15, -0.1) is 0 Å². The zero-order valence-electron chi connectivity index (χ0n) is 10.9. The third kappa shape index (κ3) is 2.50. The van der Waals surface area contributed by atoms with Crippen LogP contribution in [0.5, 0.6) is 0 Å². The molecule has 0 unspecified atom stereocenters. The molecule has 20 heavy (non-hydrogen) atoms. The lowest BCUT2D eigenvalue weighted by atomic mass is 10.1. The molecule has 0 radical (unpaired) electrons. The lowest BCUT2D eigenvalue weighted by Gasteiger charge is -2.15. The first-order valence-electron chi connectivity index (χ1n) is 6.64. The number of carbonyl (C=O) groups excluding carboxylic acids is 1. The van der Waals surface area contributed by atoms with Crippen molar-refractivity contribution < 1.29 is 9.18 Å². The van der Waals surface area contributed by atoms with Crippen LogP contribution in [0.4, 0.5) is 14.9 Å². The summed E-state index contributed by atoms with van der Waals surface area (Å²) in [6.07, 6.45) is 1.84. The normalized spacial score (nSPS) is 16.6. The molecule has 1 aliphatic rings. The molecule has 0 aliphatic heterocycles. The highest BCUT2D eigenvalue weighted by atomic mass is 19.1. The first-order valence-corrected chi connectivity index (χ1v) is 6.64. The first-order chi connectivity index (χ1) is 9.74. The van der Waals surface area contributed by atoms with Gasteiger partial charge >= 0.3 is 6.03 Å². The Morgan fingerprint density at radius 1 is 1.10 bits per heavy atom. The molecule has 1 atom stereocenters. The largest absolute Gasteiger partial charge is 0.331 e. The molecule has 0 saturated carbocycles. The Bertz CT molecular complexity index is 642. The number of fused-ring (bicyclic) bond motifs is 1. The Kier molecular flexibility index (Phi) is 3.37. The van der Waals surface area contributed by atoms with Crippen molar-refractivity contribution >= 4 is 11.7 Å². The molecule has 2 N–H and O–H groups in total. The highest BCUT2D eigenvalue weighted by Crippen LogP contribution is 2.30. The number of nitrogens with one attached hydrogen (secondary N) is 2. The fraction of sp³-hybridized carbons (Fsp3) is 0.188. The van der Waals surface area contributed by atoms with Gasteiger partial charge in [-0.1, -0.05) is 36.4 Å². The van der Waals surface area contributed by atoms with E-state index in [2.05, 4.69) is 16.7 Å². The third-order valence-electron chi connectivity index (χ3n) is 3.56. The van der Waals surface area contributed by atoms with Crippen LogP contribution in [0.15, 0.2) is 48.5 Å². The summed E-state index contributed by atoms with van der Waals surface area (Å²) in [6.45, 7) is 0. The van der Waals surface area contributed by atoms with Crippen LogP contribution in [0.1, 0.15) is 23.6 Å². The monoisotopic (exact) mass is 270 g/mol. The van der Waals surface area contributed by atoms with Crippen molar-refractivity contribution in [2.75, 3.05) is 5.32 Å². The number of carbonyl (C=O) groups is 1. The lowest BCUT2D eigenvalue weighted by molar-refractivity contribution is 0.248. The Hall–Kier alpha value is -2.36. The van der Waals surface area contributed by atoms with E-state index >= 15 is 0 Å².